The minimum absolute atomic E-state index is 0.137. The number of para-hydroxylation sites is 1. The maximum absolute atomic E-state index is 13.4. The van der Waals surface area contributed by atoms with Gasteiger partial charge in [0.25, 0.3) is 5.91 Å². The number of likely N-dealkylation sites (N-methyl/N-ethyl adjacent to an activating group) is 1. The zero-order chi connectivity index (χ0) is 18.2. The van der Waals surface area contributed by atoms with Gasteiger partial charge in [0.2, 0.25) is 5.91 Å². The maximum Gasteiger partial charge on any atom is 0.251 e. The van der Waals surface area contributed by atoms with Crippen molar-refractivity contribution >= 4 is 23.4 Å². The normalized spacial score (nSPS) is 10.2. The highest BCUT2D eigenvalue weighted by atomic mass is 35.5. The lowest BCUT2D eigenvalue weighted by Gasteiger charge is -2.18. The van der Waals surface area contributed by atoms with Gasteiger partial charge in [-0.25, -0.2) is 4.39 Å². The van der Waals surface area contributed by atoms with Crippen LogP contribution in [0.15, 0.2) is 48.5 Å². The van der Waals surface area contributed by atoms with Gasteiger partial charge >= 0.3 is 0 Å². The lowest BCUT2D eigenvalue weighted by molar-refractivity contribution is -0.129. The maximum atomic E-state index is 13.4. The highest BCUT2D eigenvalue weighted by Gasteiger charge is 2.12. The molecule has 0 atom stereocenters. The van der Waals surface area contributed by atoms with Crippen molar-refractivity contribution in [3.05, 3.63) is 64.9 Å². The van der Waals surface area contributed by atoms with E-state index in [4.69, 9.17) is 16.3 Å². The summed E-state index contributed by atoms with van der Waals surface area (Å²) in [4.78, 5) is 25.4. The second kappa shape index (κ2) is 9.03. The molecule has 0 fully saturated rings. The van der Waals surface area contributed by atoms with E-state index in [9.17, 15) is 14.0 Å². The highest BCUT2D eigenvalue weighted by Crippen LogP contribution is 2.15. The monoisotopic (exact) mass is 364 g/mol. The van der Waals surface area contributed by atoms with Crippen molar-refractivity contribution in [3.63, 3.8) is 0 Å². The number of rotatable bonds is 7. The minimum Gasteiger partial charge on any atom is -0.489 e. The summed E-state index contributed by atoms with van der Waals surface area (Å²) in [6.45, 7) is 0.257. The standard InChI is InChI=1S/C18H18ClFN2O3/c1-22(9-10-25-16-8-3-2-7-15(16)20)17(23)12-21-18(24)13-5-4-6-14(19)11-13/h2-8,11H,9-10,12H2,1H3,(H,21,24). The number of benzene rings is 2. The van der Waals surface area contributed by atoms with Crippen LogP contribution in [0.3, 0.4) is 0 Å². The Bertz CT molecular complexity index is 755. The molecule has 0 saturated heterocycles. The Morgan fingerprint density at radius 2 is 1.96 bits per heavy atom. The first kappa shape index (κ1) is 18.7. The quantitative estimate of drug-likeness (QED) is 0.821. The van der Waals surface area contributed by atoms with Gasteiger partial charge < -0.3 is 15.0 Å². The number of amides is 2. The lowest BCUT2D eigenvalue weighted by Crippen LogP contribution is -2.39. The van der Waals surface area contributed by atoms with E-state index >= 15 is 0 Å². The molecule has 132 valence electrons. The molecule has 0 spiro atoms. The third-order valence-corrected chi connectivity index (χ3v) is 3.67. The summed E-state index contributed by atoms with van der Waals surface area (Å²) in [6, 6.07) is 12.5. The summed E-state index contributed by atoms with van der Waals surface area (Å²) in [5.41, 5.74) is 0.380. The van der Waals surface area contributed by atoms with E-state index in [0.717, 1.165) is 0 Å². The van der Waals surface area contributed by atoms with Gasteiger partial charge in [-0.1, -0.05) is 29.8 Å². The first-order valence-corrected chi connectivity index (χ1v) is 8.00. The van der Waals surface area contributed by atoms with Crippen LogP contribution < -0.4 is 10.1 Å². The molecule has 0 unspecified atom stereocenters. The fraction of sp³-hybridized carbons (Fsp3) is 0.222. The van der Waals surface area contributed by atoms with Crippen molar-refractivity contribution in [1.29, 1.82) is 0 Å². The second-order valence-corrected chi connectivity index (χ2v) is 5.72. The molecule has 5 nitrogen and oxygen atoms in total. The minimum atomic E-state index is -0.453. The summed E-state index contributed by atoms with van der Waals surface area (Å²) in [5.74, 6) is -0.984. The van der Waals surface area contributed by atoms with Crippen LogP contribution in [0.4, 0.5) is 4.39 Å². The molecular weight excluding hydrogens is 347 g/mol. The highest BCUT2D eigenvalue weighted by molar-refractivity contribution is 6.30. The number of halogens is 2. The molecular formula is C18H18ClFN2O3. The topological polar surface area (TPSA) is 58.6 Å². The fourth-order valence-corrected chi connectivity index (χ4v) is 2.19. The largest absolute Gasteiger partial charge is 0.489 e. The van der Waals surface area contributed by atoms with Gasteiger partial charge in [-0.15, -0.1) is 0 Å². The van der Waals surface area contributed by atoms with Crippen LogP contribution in [-0.2, 0) is 4.79 Å². The van der Waals surface area contributed by atoms with Crippen molar-refractivity contribution in [1.82, 2.24) is 10.2 Å². The Morgan fingerprint density at radius 3 is 2.68 bits per heavy atom. The molecule has 7 heteroatoms. The number of hydrogen-bond acceptors (Lipinski definition) is 3. The van der Waals surface area contributed by atoms with E-state index in [0.29, 0.717) is 10.6 Å². The molecule has 0 bridgehead atoms. The predicted molar refractivity (Wildman–Crippen MR) is 93.3 cm³/mol. The van der Waals surface area contributed by atoms with Crippen LogP contribution in [0, 0.1) is 5.82 Å². The number of nitrogens with zero attached hydrogens (tertiary/aromatic N) is 1. The van der Waals surface area contributed by atoms with Gasteiger partial charge in [-0.3, -0.25) is 9.59 Å². The fourth-order valence-electron chi connectivity index (χ4n) is 2.00. The Balaban J connectivity index is 1.75. The lowest BCUT2D eigenvalue weighted by atomic mass is 10.2. The van der Waals surface area contributed by atoms with E-state index in [1.807, 2.05) is 0 Å². The Hall–Kier alpha value is -2.60. The zero-order valence-corrected chi connectivity index (χ0v) is 14.4. The summed E-state index contributed by atoms with van der Waals surface area (Å²) >= 11 is 5.83. The first-order valence-electron chi connectivity index (χ1n) is 7.62. The van der Waals surface area contributed by atoms with Crippen molar-refractivity contribution in [2.75, 3.05) is 26.7 Å². The van der Waals surface area contributed by atoms with Crippen LogP contribution in [0.1, 0.15) is 10.4 Å². The molecule has 0 aliphatic carbocycles. The van der Waals surface area contributed by atoms with Crippen LogP contribution in [0.25, 0.3) is 0 Å². The molecule has 0 aromatic heterocycles. The molecule has 2 aromatic carbocycles. The average Bonchev–Trinajstić information content (AvgIpc) is 2.60. The molecule has 1 N–H and O–H groups in total. The molecule has 2 aromatic rings. The van der Waals surface area contributed by atoms with E-state index in [-0.39, 0.29) is 37.3 Å². The molecule has 0 radical (unpaired) electrons. The number of ether oxygens (including phenoxy) is 1. The third-order valence-electron chi connectivity index (χ3n) is 3.43. The molecule has 0 aliphatic heterocycles. The molecule has 2 amide bonds. The molecule has 25 heavy (non-hydrogen) atoms. The van der Waals surface area contributed by atoms with Crippen LogP contribution >= 0.6 is 11.6 Å². The number of nitrogens with one attached hydrogen (secondary N) is 1. The Labute approximate surface area is 150 Å². The molecule has 0 heterocycles. The number of hydrogen-bond donors (Lipinski definition) is 1. The second-order valence-electron chi connectivity index (χ2n) is 5.29. The molecule has 2 rings (SSSR count). The van der Waals surface area contributed by atoms with Crippen molar-refractivity contribution in [2.24, 2.45) is 0 Å². The van der Waals surface area contributed by atoms with Crippen LogP contribution in [0.5, 0.6) is 5.75 Å². The van der Waals surface area contributed by atoms with Crippen molar-refractivity contribution < 1.29 is 18.7 Å². The molecule has 0 aliphatic rings. The van der Waals surface area contributed by atoms with Crippen LogP contribution in [0.2, 0.25) is 5.02 Å². The van der Waals surface area contributed by atoms with Gasteiger partial charge in [-0.05, 0) is 30.3 Å². The number of carbonyl (C=O) groups is 2. The van der Waals surface area contributed by atoms with Gasteiger partial charge in [0, 0.05) is 17.6 Å². The van der Waals surface area contributed by atoms with Crippen molar-refractivity contribution in [3.8, 4) is 5.75 Å². The van der Waals surface area contributed by atoms with E-state index < -0.39 is 5.82 Å². The van der Waals surface area contributed by atoms with Gasteiger partial charge in [-0.2, -0.15) is 0 Å². The van der Waals surface area contributed by atoms with Crippen molar-refractivity contribution in [2.45, 2.75) is 0 Å². The summed E-state index contributed by atoms with van der Waals surface area (Å²) < 4.78 is 18.7. The number of carbonyl (C=O) groups excluding carboxylic acids is 2. The molecule has 0 saturated carbocycles. The summed E-state index contributed by atoms with van der Waals surface area (Å²) in [5, 5.41) is 2.98. The first-order chi connectivity index (χ1) is 12.0. The van der Waals surface area contributed by atoms with E-state index in [1.165, 1.54) is 23.1 Å². The zero-order valence-electron chi connectivity index (χ0n) is 13.7. The summed E-state index contributed by atoms with van der Waals surface area (Å²) in [6.07, 6.45) is 0. The Morgan fingerprint density at radius 1 is 1.20 bits per heavy atom. The van der Waals surface area contributed by atoms with Gasteiger partial charge in [0.1, 0.15) is 6.61 Å². The van der Waals surface area contributed by atoms with Gasteiger partial charge in [0.05, 0.1) is 13.1 Å². The van der Waals surface area contributed by atoms with Gasteiger partial charge in [0.15, 0.2) is 11.6 Å². The SMILES string of the molecule is CN(CCOc1ccccc1F)C(=O)CNC(=O)c1cccc(Cl)c1. The van der Waals surface area contributed by atoms with E-state index in [2.05, 4.69) is 5.32 Å². The van der Waals surface area contributed by atoms with Crippen LogP contribution in [-0.4, -0.2) is 43.5 Å². The summed E-state index contributed by atoms with van der Waals surface area (Å²) in [7, 11) is 1.58. The Kier molecular flexibility index (Phi) is 6.77. The predicted octanol–water partition coefficient (Wildman–Crippen LogP) is 2.75. The average molecular weight is 365 g/mol. The third kappa shape index (κ3) is 5.76. The smallest absolute Gasteiger partial charge is 0.251 e. The van der Waals surface area contributed by atoms with E-state index in [1.54, 1.807) is 37.4 Å².